The minimum absolute atomic E-state index is 0.0252. The molecule has 0 unspecified atom stereocenters. The fourth-order valence-electron chi connectivity index (χ4n) is 3.22. The third kappa shape index (κ3) is 3.40. The van der Waals surface area contributed by atoms with Crippen molar-refractivity contribution in [1.29, 1.82) is 5.41 Å². The Kier molecular flexibility index (Phi) is 4.95. The molecule has 2 aliphatic heterocycles. The smallest absolute Gasteiger partial charge is 0.283 e. The summed E-state index contributed by atoms with van der Waals surface area (Å²) in [5.41, 5.74) is 3.29. The molecule has 0 saturated heterocycles. The van der Waals surface area contributed by atoms with Crippen molar-refractivity contribution in [2.45, 2.75) is 13.8 Å². The van der Waals surface area contributed by atoms with E-state index in [1.54, 1.807) is 12.1 Å². The molecule has 0 fully saturated rings. The number of carbonyl (C=O) groups excluding carboxylic acids is 1. The molecule has 1 aromatic heterocycles. The van der Waals surface area contributed by atoms with Crippen LogP contribution < -0.4 is 0 Å². The Morgan fingerprint density at radius 3 is 2.60 bits per heavy atom. The number of thioether (sulfide) groups is 1. The van der Waals surface area contributed by atoms with Crippen LogP contribution >= 0.6 is 23.4 Å². The molecule has 0 aliphatic carbocycles. The van der Waals surface area contributed by atoms with E-state index in [-0.39, 0.29) is 21.0 Å². The first kappa shape index (κ1) is 20.6. The first-order valence-corrected chi connectivity index (χ1v) is 11.8. The van der Waals surface area contributed by atoms with Crippen LogP contribution in [0.1, 0.15) is 17.0 Å². The van der Waals surface area contributed by atoms with Gasteiger partial charge in [-0.05, 0) is 55.4 Å². The molecule has 0 bridgehead atoms. The van der Waals surface area contributed by atoms with Crippen molar-refractivity contribution in [3.8, 4) is 5.69 Å². The average Bonchev–Trinajstić information content (AvgIpc) is 3.21. The van der Waals surface area contributed by atoms with Crippen molar-refractivity contribution < 1.29 is 13.2 Å². The van der Waals surface area contributed by atoms with Gasteiger partial charge in [0.05, 0.1) is 16.3 Å². The van der Waals surface area contributed by atoms with Gasteiger partial charge >= 0.3 is 0 Å². The quantitative estimate of drug-likeness (QED) is 0.690. The maximum Gasteiger partial charge on any atom is 0.283 e. The Hall–Kier alpha value is -2.69. The van der Waals surface area contributed by atoms with Crippen LogP contribution in [0.4, 0.5) is 0 Å². The van der Waals surface area contributed by atoms with Crippen molar-refractivity contribution in [3.63, 3.8) is 0 Å². The van der Waals surface area contributed by atoms with Crippen LogP contribution in [-0.4, -0.2) is 45.5 Å². The van der Waals surface area contributed by atoms with Gasteiger partial charge in [0, 0.05) is 17.6 Å². The van der Waals surface area contributed by atoms with Gasteiger partial charge in [0.25, 0.3) is 5.91 Å². The monoisotopic (exact) mass is 461 g/mol. The predicted molar refractivity (Wildman–Crippen MR) is 120 cm³/mol. The van der Waals surface area contributed by atoms with Crippen LogP contribution in [0, 0.1) is 19.3 Å². The SMILES string of the molecule is Cc1cc(/C=C2/C(=N)N3N=C(S(C)(=O)=O)SC3=NC2=O)c(C)n1-c1ccccc1Cl. The minimum Gasteiger partial charge on any atom is -0.316 e. The van der Waals surface area contributed by atoms with E-state index in [0.29, 0.717) is 5.02 Å². The van der Waals surface area contributed by atoms with E-state index < -0.39 is 15.7 Å². The van der Waals surface area contributed by atoms with E-state index in [4.69, 9.17) is 17.0 Å². The van der Waals surface area contributed by atoms with Crippen molar-refractivity contribution in [1.82, 2.24) is 9.58 Å². The van der Waals surface area contributed by atoms with Gasteiger partial charge in [-0.2, -0.15) is 10.0 Å². The lowest BCUT2D eigenvalue weighted by atomic mass is 10.1. The maximum absolute atomic E-state index is 12.6. The summed E-state index contributed by atoms with van der Waals surface area (Å²) in [6, 6.07) is 9.31. The number of fused-ring (bicyclic) bond motifs is 1. The van der Waals surface area contributed by atoms with E-state index in [9.17, 15) is 13.2 Å². The van der Waals surface area contributed by atoms with Gasteiger partial charge in [-0.3, -0.25) is 10.2 Å². The zero-order chi connectivity index (χ0) is 21.8. The van der Waals surface area contributed by atoms with Gasteiger partial charge in [0.15, 0.2) is 5.84 Å². The Morgan fingerprint density at radius 2 is 1.93 bits per heavy atom. The molecular weight excluding hydrogens is 446 g/mol. The summed E-state index contributed by atoms with van der Waals surface area (Å²) in [4.78, 5) is 16.5. The number of amidine groups is 2. The predicted octanol–water partition coefficient (Wildman–Crippen LogP) is 3.37. The molecule has 30 heavy (non-hydrogen) atoms. The number of nitrogens with zero attached hydrogens (tertiary/aromatic N) is 4. The van der Waals surface area contributed by atoms with E-state index in [1.807, 2.05) is 42.7 Å². The number of aryl methyl sites for hydroxylation is 1. The normalized spacial score (nSPS) is 18.0. The summed E-state index contributed by atoms with van der Waals surface area (Å²) < 4.78 is 25.3. The first-order chi connectivity index (χ1) is 14.1. The average molecular weight is 462 g/mol. The molecule has 1 amide bonds. The highest BCUT2D eigenvalue weighted by molar-refractivity contribution is 8.42. The van der Waals surface area contributed by atoms with Crippen molar-refractivity contribution >= 4 is 60.6 Å². The second-order valence-electron chi connectivity index (χ2n) is 6.77. The number of rotatable bonds is 2. The lowest BCUT2D eigenvalue weighted by Gasteiger charge is -2.20. The zero-order valence-electron chi connectivity index (χ0n) is 16.2. The summed E-state index contributed by atoms with van der Waals surface area (Å²) in [5, 5.41) is 14.1. The standard InChI is InChI=1S/C19H16ClN5O3S2/c1-10-8-12(11(2)24(10)15-7-5-4-6-14(15)20)9-13-16(21)25-18(22-17(13)26)29-19(23-25)30(3,27)28/h4-9,21H,1-3H3/b13-9-,21-16?. The fraction of sp³-hybridized carbons (Fsp3) is 0.158. The Labute approximate surface area is 182 Å². The first-order valence-electron chi connectivity index (χ1n) is 8.72. The number of nitrogens with one attached hydrogen (secondary N) is 1. The number of sulfone groups is 1. The second kappa shape index (κ2) is 7.22. The van der Waals surface area contributed by atoms with Crippen LogP contribution in [0.15, 0.2) is 46.0 Å². The maximum atomic E-state index is 12.6. The topological polar surface area (TPSA) is 108 Å². The molecule has 0 spiro atoms. The molecular formula is C19H16ClN5O3S2. The number of aliphatic imine (C=N–C) groups is 1. The molecule has 0 atom stereocenters. The summed E-state index contributed by atoms with van der Waals surface area (Å²) in [5.74, 6) is -0.843. The molecule has 3 heterocycles. The van der Waals surface area contributed by atoms with Gasteiger partial charge < -0.3 is 4.57 Å². The fourth-order valence-corrected chi connectivity index (χ4v) is 5.12. The number of carbonyl (C=O) groups is 1. The Morgan fingerprint density at radius 1 is 1.23 bits per heavy atom. The highest BCUT2D eigenvalue weighted by Crippen LogP contribution is 2.31. The molecule has 2 aromatic rings. The van der Waals surface area contributed by atoms with E-state index in [2.05, 4.69) is 10.1 Å². The van der Waals surface area contributed by atoms with Crippen molar-refractivity contribution in [2.24, 2.45) is 10.1 Å². The number of hydrogen-bond acceptors (Lipinski definition) is 6. The van der Waals surface area contributed by atoms with Crippen LogP contribution in [0.25, 0.3) is 11.8 Å². The lowest BCUT2D eigenvalue weighted by molar-refractivity contribution is -0.114. The summed E-state index contributed by atoms with van der Waals surface area (Å²) in [6.07, 6.45) is 2.59. The number of amides is 1. The van der Waals surface area contributed by atoms with Crippen LogP contribution in [0.5, 0.6) is 0 Å². The van der Waals surface area contributed by atoms with Crippen molar-refractivity contribution in [3.05, 3.63) is 57.9 Å². The van der Waals surface area contributed by atoms with E-state index in [0.717, 1.165) is 45.7 Å². The molecule has 154 valence electrons. The molecule has 0 saturated carbocycles. The van der Waals surface area contributed by atoms with Gasteiger partial charge in [0.1, 0.15) is 0 Å². The number of halogens is 1. The Balaban J connectivity index is 1.78. The van der Waals surface area contributed by atoms with Crippen LogP contribution in [0.3, 0.4) is 0 Å². The van der Waals surface area contributed by atoms with Gasteiger partial charge in [-0.1, -0.05) is 23.7 Å². The highest BCUT2D eigenvalue weighted by atomic mass is 35.5. The third-order valence-electron chi connectivity index (χ3n) is 4.62. The van der Waals surface area contributed by atoms with E-state index in [1.165, 1.54) is 0 Å². The van der Waals surface area contributed by atoms with Crippen LogP contribution in [0.2, 0.25) is 5.02 Å². The third-order valence-corrected chi connectivity index (χ3v) is 7.51. The van der Waals surface area contributed by atoms with Crippen molar-refractivity contribution in [2.75, 3.05) is 6.26 Å². The highest BCUT2D eigenvalue weighted by Gasteiger charge is 2.38. The summed E-state index contributed by atoms with van der Waals surface area (Å²) >= 11 is 7.10. The molecule has 4 rings (SSSR count). The van der Waals surface area contributed by atoms with Gasteiger partial charge in [0.2, 0.25) is 19.4 Å². The number of para-hydroxylation sites is 1. The molecule has 1 N–H and O–H groups in total. The lowest BCUT2D eigenvalue weighted by Crippen LogP contribution is -2.35. The molecule has 1 aromatic carbocycles. The number of hydrazone groups is 1. The molecule has 11 heteroatoms. The molecule has 0 radical (unpaired) electrons. The molecule has 2 aliphatic rings. The minimum atomic E-state index is -3.57. The molecule has 8 nitrogen and oxygen atoms in total. The second-order valence-corrected chi connectivity index (χ2v) is 10.3. The van der Waals surface area contributed by atoms with E-state index >= 15 is 0 Å². The Bertz CT molecular complexity index is 1320. The number of benzene rings is 1. The summed E-state index contributed by atoms with van der Waals surface area (Å²) in [7, 11) is -3.57. The largest absolute Gasteiger partial charge is 0.316 e. The number of aromatic nitrogens is 1. The number of hydrogen-bond donors (Lipinski definition) is 1. The zero-order valence-corrected chi connectivity index (χ0v) is 18.6. The summed E-state index contributed by atoms with van der Waals surface area (Å²) in [6.45, 7) is 3.81. The van der Waals surface area contributed by atoms with Gasteiger partial charge in [-0.15, -0.1) is 5.10 Å². The van der Waals surface area contributed by atoms with Crippen LogP contribution in [-0.2, 0) is 14.6 Å². The van der Waals surface area contributed by atoms with Gasteiger partial charge in [-0.25, -0.2) is 8.42 Å².